The molecular weight excluding hydrogens is 226 g/mol. The average Bonchev–Trinajstić information content (AvgIpc) is 2.32. The van der Waals surface area contributed by atoms with Crippen molar-refractivity contribution in [2.75, 3.05) is 5.32 Å². The zero-order chi connectivity index (χ0) is 11.4. The third kappa shape index (κ3) is 2.64. The predicted molar refractivity (Wildman–Crippen MR) is 61.1 cm³/mol. The first-order valence-electron chi connectivity index (χ1n) is 4.75. The molecule has 0 amide bonds. The van der Waals surface area contributed by atoms with Gasteiger partial charge in [0.2, 0.25) is 5.28 Å². The zero-order valence-corrected chi connectivity index (χ0v) is 9.44. The van der Waals surface area contributed by atoms with Crippen molar-refractivity contribution in [2.45, 2.75) is 13.5 Å². The van der Waals surface area contributed by atoms with Crippen LogP contribution in [-0.4, -0.2) is 20.2 Å². The Balaban J connectivity index is 2.08. The van der Waals surface area contributed by atoms with Crippen molar-refractivity contribution in [3.05, 3.63) is 41.1 Å². The van der Waals surface area contributed by atoms with Gasteiger partial charge in [0.15, 0.2) is 0 Å². The largest absolute Gasteiger partial charge is 0.364 e. The second kappa shape index (κ2) is 4.85. The second-order valence-corrected chi connectivity index (χ2v) is 3.58. The van der Waals surface area contributed by atoms with Gasteiger partial charge in [0, 0.05) is 18.0 Å². The van der Waals surface area contributed by atoms with Crippen LogP contribution in [0.4, 0.5) is 5.82 Å². The van der Waals surface area contributed by atoms with Crippen molar-refractivity contribution < 1.29 is 0 Å². The molecule has 2 rings (SSSR count). The monoisotopic (exact) mass is 235 g/mol. The van der Waals surface area contributed by atoms with Crippen molar-refractivity contribution in [3.8, 4) is 0 Å². The first-order valence-corrected chi connectivity index (χ1v) is 5.13. The van der Waals surface area contributed by atoms with E-state index < -0.39 is 0 Å². The fraction of sp³-hybridized carbons (Fsp3) is 0.200. The molecule has 0 fully saturated rings. The number of nitrogens with one attached hydrogen (secondary N) is 1. The molecule has 2 aromatic rings. The number of nitrogens with zero attached hydrogens (tertiary/aromatic N) is 4. The number of rotatable bonds is 3. The molecule has 0 aliphatic rings. The van der Waals surface area contributed by atoms with Crippen LogP contribution in [0.3, 0.4) is 0 Å². The van der Waals surface area contributed by atoms with Gasteiger partial charge in [0.1, 0.15) is 5.82 Å². The lowest BCUT2D eigenvalue weighted by Gasteiger charge is -2.06. The summed E-state index contributed by atoms with van der Waals surface area (Å²) >= 11 is 5.71. The van der Waals surface area contributed by atoms with Gasteiger partial charge in [0.25, 0.3) is 0 Å². The smallest absolute Gasteiger partial charge is 0.224 e. The highest BCUT2D eigenvalue weighted by atomic mass is 35.5. The second-order valence-electron chi connectivity index (χ2n) is 3.24. The molecule has 0 aromatic carbocycles. The maximum atomic E-state index is 5.71. The summed E-state index contributed by atoms with van der Waals surface area (Å²) in [6, 6.07) is 3.72. The van der Waals surface area contributed by atoms with Gasteiger partial charge in [0.05, 0.1) is 12.2 Å². The van der Waals surface area contributed by atoms with Gasteiger partial charge in [-0.05, 0) is 30.7 Å². The number of aryl methyl sites for hydroxylation is 1. The van der Waals surface area contributed by atoms with E-state index in [2.05, 4.69) is 25.5 Å². The molecule has 0 radical (unpaired) electrons. The maximum Gasteiger partial charge on any atom is 0.224 e. The van der Waals surface area contributed by atoms with E-state index in [1.165, 1.54) is 0 Å². The highest BCUT2D eigenvalue weighted by Crippen LogP contribution is 2.13. The zero-order valence-electron chi connectivity index (χ0n) is 8.68. The first kappa shape index (κ1) is 10.8. The number of hydrogen-bond donors (Lipinski definition) is 1. The molecule has 2 aromatic heterocycles. The summed E-state index contributed by atoms with van der Waals surface area (Å²) in [5.74, 6) is 0.714. The molecule has 82 valence electrons. The minimum Gasteiger partial charge on any atom is -0.364 e. The summed E-state index contributed by atoms with van der Waals surface area (Å²) in [4.78, 5) is 7.96. The molecular formula is C10H10ClN5. The number of halogens is 1. The molecule has 6 heteroatoms. The van der Waals surface area contributed by atoms with E-state index in [9.17, 15) is 0 Å². The molecule has 0 aliphatic carbocycles. The molecule has 16 heavy (non-hydrogen) atoms. The highest BCUT2D eigenvalue weighted by Gasteiger charge is 2.02. The van der Waals surface area contributed by atoms with Crippen LogP contribution in [0.25, 0.3) is 0 Å². The Kier molecular flexibility index (Phi) is 3.26. The summed E-state index contributed by atoms with van der Waals surface area (Å²) in [7, 11) is 0. The minimum atomic E-state index is 0.229. The van der Waals surface area contributed by atoms with Gasteiger partial charge < -0.3 is 5.32 Å². The Morgan fingerprint density at radius 1 is 1.44 bits per heavy atom. The number of aromatic nitrogens is 4. The van der Waals surface area contributed by atoms with E-state index in [-0.39, 0.29) is 5.28 Å². The van der Waals surface area contributed by atoms with Crippen molar-refractivity contribution >= 4 is 17.4 Å². The van der Waals surface area contributed by atoms with Crippen LogP contribution < -0.4 is 5.32 Å². The van der Waals surface area contributed by atoms with Crippen molar-refractivity contribution in [2.24, 2.45) is 0 Å². The third-order valence-electron chi connectivity index (χ3n) is 2.01. The molecule has 2 heterocycles. The molecule has 0 saturated carbocycles. The first-order chi connectivity index (χ1) is 7.75. The molecule has 0 saturated heterocycles. The van der Waals surface area contributed by atoms with Gasteiger partial charge in [-0.25, -0.2) is 9.97 Å². The van der Waals surface area contributed by atoms with Crippen LogP contribution in [0.1, 0.15) is 11.3 Å². The summed E-state index contributed by atoms with van der Waals surface area (Å²) < 4.78 is 0. The lowest BCUT2D eigenvalue weighted by atomic mass is 10.3. The lowest BCUT2D eigenvalue weighted by molar-refractivity contribution is 0.917. The van der Waals surface area contributed by atoms with E-state index in [1.807, 2.05) is 19.1 Å². The quantitative estimate of drug-likeness (QED) is 0.823. The van der Waals surface area contributed by atoms with Crippen LogP contribution in [-0.2, 0) is 6.54 Å². The van der Waals surface area contributed by atoms with Gasteiger partial charge in [-0.3, -0.25) is 0 Å². The highest BCUT2D eigenvalue weighted by molar-refractivity contribution is 6.28. The van der Waals surface area contributed by atoms with Gasteiger partial charge in [-0.2, -0.15) is 10.2 Å². The van der Waals surface area contributed by atoms with Crippen molar-refractivity contribution in [1.29, 1.82) is 0 Å². The lowest BCUT2D eigenvalue weighted by Crippen LogP contribution is -2.05. The standard InChI is InChI=1S/C10H10ClN5/c1-7-5-13-10(11)15-9(7)12-6-8-3-2-4-14-16-8/h2-5H,6H2,1H3,(H,12,13,15). The van der Waals surface area contributed by atoms with Crippen LogP contribution in [0.2, 0.25) is 5.28 Å². The average molecular weight is 236 g/mol. The summed E-state index contributed by atoms with van der Waals surface area (Å²) in [5, 5.41) is 11.1. The van der Waals surface area contributed by atoms with E-state index in [0.29, 0.717) is 12.4 Å². The van der Waals surface area contributed by atoms with Gasteiger partial charge in [-0.15, -0.1) is 0 Å². The number of anilines is 1. The molecule has 0 atom stereocenters. The Morgan fingerprint density at radius 3 is 3.06 bits per heavy atom. The van der Waals surface area contributed by atoms with Gasteiger partial charge in [-0.1, -0.05) is 0 Å². The summed E-state index contributed by atoms with van der Waals surface area (Å²) in [5.41, 5.74) is 1.78. The van der Waals surface area contributed by atoms with Crippen LogP contribution in [0.5, 0.6) is 0 Å². The van der Waals surface area contributed by atoms with Crippen molar-refractivity contribution in [1.82, 2.24) is 20.2 Å². The molecule has 1 N–H and O–H groups in total. The van der Waals surface area contributed by atoms with Crippen LogP contribution in [0, 0.1) is 6.92 Å². The third-order valence-corrected chi connectivity index (χ3v) is 2.19. The Morgan fingerprint density at radius 2 is 2.31 bits per heavy atom. The molecule has 0 unspecified atom stereocenters. The SMILES string of the molecule is Cc1cnc(Cl)nc1NCc1cccnn1. The van der Waals surface area contributed by atoms with Crippen LogP contribution in [0.15, 0.2) is 24.5 Å². The van der Waals surface area contributed by atoms with Gasteiger partial charge >= 0.3 is 0 Å². The maximum absolute atomic E-state index is 5.71. The van der Waals surface area contributed by atoms with Crippen molar-refractivity contribution in [3.63, 3.8) is 0 Å². The molecule has 5 nitrogen and oxygen atoms in total. The van der Waals surface area contributed by atoms with E-state index in [4.69, 9.17) is 11.6 Å². The Bertz CT molecular complexity index is 474. The topological polar surface area (TPSA) is 63.6 Å². The fourth-order valence-corrected chi connectivity index (χ4v) is 1.33. The molecule has 0 bridgehead atoms. The Labute approximate surface area is 97.9 Å². The van der Waals surface area contributed by atoms with E-state index >= 15 is 0 Å². The fourth-order valence-electron chi connectivity index (χ4n) is 1.20. The summed E-state index contributed by atoms with van der Waals surface area (Å²) in [6.07, 6.45) is 3.31. The van der Waals surface area contributed by atoms with E-state index in [0.717, 1.165) is 11.3 Å². The molecule has 0 aliphatic heterocycles. The molecule has 0 spiro atoms. The van der Waals surface area contributed by atoms with E-state index in [1.54, 1.807) is 12.4 Å². The number of hydrogen-bond acceptors (Lipinski definition) is 5. The predicted octanol–water partition coefficient (Wildman–Crippen LogP) is 1.84. The normalized spacial score (nSPS) is 10.1. The minimum absolute atomic E-state index is 0.229. The summed E-state index contributed by atoms with van der Waals surface area (Å²) in [6.45, 7) is 2.47. The van der Waals surface area contributed by atoms with Crippen LogP contribution >= 0.6 is 11.6 Å². The Hall–Kier alpha value is -1.75.